The van der Waals surface area contributed by atoms with Crippen LogP contribution in [0.5, 0.6) is 0 Å². The van der Waals surface area contributed by atoms with E-state index in [0.717, 1.165) is 50.6 Å². The van der Waals surface area contributed by atoms with Gasteiger partial charge in [0.25, 0.3) is 0 Å². The summed E-state index contributed by atoms with van der Waals surface area (Å²) in [6.45, 7) is 6.65. The molecular formula is C14H26N2O3. The Balaban J connectivity index is 2.23. The van der Waals surface area contributed by atoms with Gasteiger partial charge in [0.05, 0.1) is 18.4 Å². The Labute approximate surface area is 115 Å². The third kappa shape index (κ3) is 6.71. The fraction of sp³-hybridized carbons (Fsp3) is 0.786. The number of oxazole rings is 1. The molecule has 0 amide bonds. The third-order valence-corrected chi connectivity index (χ3v) is 2.98. The molecule has 0 unspecified atom stereocenters. The van der Waals surface area contributed by atoms with Crippen LogP contribution in [0, 0.1) is 0 Å². The van der Waals surface area contributed by atoms with Crippen LogP contribution in [0.4, 0.5) is 0 Å². The fourth-order valence-corrected chi connectivity index (χ4v) is 1.70. The first-order valence-electron chi connectivity index (χ1n) is 6.76. The van der Waals surface area contributed by atoms with Crippen molar-refractivity contribution in [1.82, 2.24) is 10.3 Å². The first-order chi connectivity index (χ1) is 9.07. The predicted molar refractivity (Wildman–Crippen MR) is 74.4 cm³/mol. The maximum atomic E-state index is 5.71. The standard InChI is InChI=1S/C14H26N2O3/c1-14(2,18-4)10-12-11-16-13(19-12)6-5-7-15-8-9-17-3/h11,15H,5-10H2,1-4H3. The van der Waals surface area contributed by atoms with Crippen LogP contribution in [0.25, 0.3) is 0 Å². The second-order valence-corrected chi connectivity index (χ2v) is 5.21. The molecule has 0 spiro atoms. The number of nitrogens with zero attached hydrogens (tertiary/aromatic N) is 1. The summed E-state index contributed by atoms with van der Waals surface area (Å²) < 4.78 is 16.0. The molecule has 0 aliphatic carbocycles. The number of hydrogen-bond donors (Lipinski definition) is 1. The summed E-state index contributed by atoms with van der Waals surface area (Å²) in [4.78, 5) is 4.29. The molecule has 110 valence electrons. The molecule has 0 bridgehead atoms. The monoisotopic (exact) mass is 270 g/mol. The maximum Gasteiger partial charge on any atom is 0.194 e. The van der Waals surface area contributed by atoms with E-state index in [2.05, 4.69) is 10.3 Å². The lowest BCUT2D eigenvalue weighted by atomic mass is 10.0. The van der Waals surface area contributed by atoms with Gasteiger partial charge in [0.2, 0.25) is 0 Å². The topological polar surface area (TPSA) is 56.5 Å². The Morgan fingerprint density at radius 1 is 1.32 bits per heavy atom. The number of ether oxygens (including phenoxy) is 2. The van der Waals surface area contributed by atoms with E-state index in [1.165, 1.54) is 0 Å². The van der Waals surface area contributed by atoms with Crippen molar-refractivity contribution in [2.75, 3.05) is 33.9 Å². The lowest BCUT2D eigenvalue weighted by molar-refractivity contribution is 0.0190. The van der Waals surface area contributed by atoms with Crippen LogP contribution in [-0.4, -0.2) is 44.5 Å². The molecule has 5 heteroatoms. The molecule has 0 aliphatic heterocycles. The van der Waals surface area contributed by atoms with E-state index in [9.17, 15) is 0 Å². The Morgan fingerprint density at radius 2 is 2.11 bits per heavy atom. The van der Waals surface area contributed by atoms with E-state index < -0.39 is 0 Å². The normalized spacial score (nSPS) is 12.0. The molecule has 1 heterocycles. The highest BCUT2D eigenvalue weighted by atomic mass is 16.5. The predicted octanol–water partition coefficient (Wildman–Crippen LogP) is 1.81. The van der Waals surface area contributed by atoms with Crippen molar-refractivity contribution < 1.29 is 13.9 Å². The van der Waals surface area contributed by atoms with Gasteiger partial charge in [0.15, 0.2) is 5.89 Å². The van der Waals surface area contributed by atoms with E-state index in [4.69, 9.17) is 13.9 Å². The van der Waals surface area contributed by atoms with Crippen molar-refractivity contribution >= 4 is 0 Å². The Hall–Kier alpha value is -0.910. The van der Waals surface area contributed by atoms with Gasteiger partial charge in [-0.25, -0.2) is 4.98 Å². The van der Waals surface area contributed by atoms with Gasteiger partial charge in [-0.1, -0.05) is 0 Å². The molecule has 1 N–H and O–H groups in total. The van der Waals surface area contributed by atoms with Gasteiger partial charge in [-0.3, -0.25) is 0 Å². The highest BCUT2D eigenvalue weighted by Crippen LogP contribution is 2.17. The SMILES string of the molecule is COCCNCCCc1ncc(CC(C)(C)OC)o1. The Bertz CT molecular complexity index is 350. The zero-order valence-electron chi connectivity index (χ0n) is 12.5. The van der Waals surface area contributed by atoms with Crippen molar-refractivity contribution in [3.63, 3.8) is 0 Å². The van der Waals surface area contributed by atoms with Crippen LogP contribution in [0.3, 0.4) is 0 Å². The van der Waals surface area contributed by atoms with Crippen LogP contribution in [0.2, 0.25) is 0 Å². The van der Waals surface area contributed by atoms with E-state index in [-0.39, 0.29) is 5.60 Å². The number of aromatic nitrogens is 1. The molecular weight excluding hydrogens is 244 g/mol. The molecule has 1 rings (SSSR count). The summed E-state index contributed by atoms with van der Waals surface area (Å²) in [5.41, 5.74) is -0.210. The van der Waals surface area contributed by atoms with Crippen molar-refractivity contribution in [2.24, 2.45) is 0 Å². The summed E-state index contributed by atoms with van der Waals surface area (Å²) in [5, 5.41) is 3.30. The van der Waals surface area contributed by atoms with E-state index in [1.807, 2.05) is 13.8 Å². The molecule has 0 saturated carbocycles. The number of nitrogens with one attached hydrogen (secondary N) is 1. The summed E-state index contributed by atoms with van der Waals surface area (Å²) >= 11 is 0. The van der Waals surface area contributed by atoms with Gasteiger partial charge in [0, 0.05) is 33.6 Å². The Morgan fingerprint density at radius 3 is 2.79 bits per heavy atom. The van der Waals surface area contributed by atoms with Crippen LogP contribution < -0.4 is 5.32 Å². The largest absolute Gasteiger partial charge is 0.446 e. The molecule has 1 aromatic rings. The second kappa shape index (κ2) is 8.30. The smallest absolute Gasteiger partial charge is 0.194 e. The summed E-state index contributed by atoms with van der Waals surface area (Å²) in [6.07, 6.45) is 4.40. The molecule has 0 atom stereocenters. The van der Waals surface area contributed by atoms with Gasteiger partial charge in [0.1, 0.15) is 5.76 Å². The number of rotatable bonds is 10. The molecule has 0 radical (unpaired) electrons. The average molecular weight is 270 g/mol. The first-order valence-corrected chi connectivity index (χ1v) is 6.76. The van der Waals surface area contributed by atoms with Crippen molar-refractivity contribution in [3.05, 3.63) is 17.8 Å². The lowest BCUT2D eigenvalue weighted by Gasteiger charge is -2.20. The Kier molecular flexibility index (Phi) is 7.05. The van der Waals surface area contributed by atoms with Crippen LogP contribution >= 0.6 is 0 Å². The van der Waals surface area contributed by atoms with Gasteiger partial charge in [-0.15, -0.1) is 0 Å². The van der Waals surface area contributed by atoms with E-state index in [0.29, 0.717) is 0 Å². The lowest BCUT2D eigenvalue weighted by Crippen LogP contribution is -2.25. The van der Waals surface area contributed by atoms with E-state index >= 15 is 0 Å². The minimum atomic E-state index is -0.210. The molecule has 0 aliphatic rings. The van der Waals surface area contributed by atoms with E-state index in [1.54, 1.807) is 20.4 Å². The summed E-state index contributed by atoms with van der Waals surface area (Å²) in [7, 11) is 3.42. The fourth-order valence-electron chi connectivity index (χ4n) is 1.70. The zero-order chi connectivity index (χ0) is 14.1. The number of hydrogen-bond acceptors (Lipinski definition) is 5. The third-order valence-electron chi connectivity index (χ3n) is 2.98. The highest BCUT2D eigenvalue weighted by Gasteiger charge is 2.19. The quantitative estimate of drug-likeness (QED) is 0.657. The van der Waals surface area contributed by atoms with Crippen molar-refractivity contribution in [3.8, 4) is 0 Å². The molecule has 1 aromatic heterocycles. The molecule has 19 heavy (non-hydrogen) atoms. The van der Waals surface area contributed by atoms with Gasteiger partial charge >= 0.3 is 0 Å². The van der Waals surface area contributed by atoms with Gasteiger partial charge in [-0.05, 0) is 26.8 Å². The molecule has 0 aromatic carbocycles. The number of aryl methyl sites for hydroxylation is 1. The van der Waals surface area contributed by atoms with Crippen molar-refractivity contribution in [2.45, 2.75) is 38.7 Å². The van der Waals surface area contributed by atoms with Crippen molar-refractivity contribution in [1.29, 1.82) is 0 Å². The summed E-state index contributed by atoms with van der Waals surface area (Å²) in [5.74, 6) is 1.68. The maximum absolute atomic E-state index is 5.71. The average Bonchev–Trinajstić information content (AvgIpc) is 2.80. The van der Waals surface area contributed by atoms with Gasteiger partial charge < -0.3 is 19.2 Å². The minimum absolute atomic E-state index is 0.210. The minimum Gasteiger partial charge on any atom is -0.446 e. The van der Waals surface area contributed by atoms with Crippen LogP contribution in [-0.2, 0) is 22.3 Å². The number of methoxy groups -OCH3 is 2. The second-order valence-electron chi connectivity index (χ2n) is 5.21. The molecule has 0 saturated heterocycles. The van der Waals surface area contributed by atoms with Crippen LogP contribution in [0.15, 0.2) is 10.6 Å². The highest BCUT2D eigenvalue weighted by molar-refractivity contribution is 4.98. The molecule has 0 fully saturated rings. The zero-order valence-corrected chi connectivity index (χ0v) is 12.5. The molecule has 5 nitrogen and oxygen atoms in total. The summed E-state index contributed by atoms with van der Waals surface area (Å²) in [6, 6.07) is 0. The van der Waals surface area contributed by atoms with Crippen LogP contribution in [0.1, 0.15) is 31.9 Å². The first kappa shape index (κ1) is 16.1. The van der Waals surface area contributed by atoms with Gasteiger partial charge in [-0.2, -0.15) is 0 Å².